The number of ether oxygens (including phenoxy) is 1. The van der Waals surface area contributed by atoms with E-state index < -0.39 is 0 Å². The fourth-order valence-corrected chi connectivity index (χ4v) is 3.82. The Morgan fingerprint density at radius 2 is 1.94 bits per heavy atom. The molecule has 2 rings (SSSR count). The lowest BCUT2D eigenvalue weighted by Gasteiger charge is -2.47. The molecule has 1 unspecified atom stereocenters. The maximum absolute atomic E-state index is 5.99. The van der Waals surface area contributed by atoms with Crippen molar-refractivity contribution in [3.8, 4) is 0 Å². The third-order valence-corrected chi connectivity index (χ3v) is 5.25. The van der Waals surface area contributed by atoms with Crippen molar-refractivity contribution in [1.82, 2.24) is 5.32 Å². The fourth-order valence-electron chi connectivity index (χ4n) is 3.13. The molecular formula is C15H25NOS. The second kappa shape index (κ2) is 5.32. The van der Waals surface area contributed by atoms with Crippen molar-refractivity contribution in [3.63, 3.8) is 0 Å². The summed E-state index contributed by atoms with van der Waals surface area (Å²) in [5, 5.41) is 7.86. The first-order chi connectivity index (χ1) is 8.53. The largest absolute Gasteiger partial charge is 0.376 e. The van der Waals surface area contributed by atoms with Gasteiger partial charge in [0.2, 0.25) is 0 Å². The van der Waals surface area contributed by atoms with Gasteiger partial charge in [-0.2, -0.15) is 11.3 Å². The molecule has 0 spiro atoms. The quantitative estimate of drug-likeness (QED) is 0.890. The van der Waals surface area contributed by atoms with Crippen LogP contribution >= 0.6 is 11.3 Å². The van der Waals surface area contributed by atoms with Crippen LogP contribution in [0.3, 0.4) is 0 Å². The molecule has 1 aromatic rings. The van der Waals surface area contributed by atoms with Crippen LogP contribution in [0.2, 0.25) is 0 Å². The number of thiophene rings is 1. The maximum atomic E-state index is 5.99. The van der Waals surface area contributed by atoms with Gasteiger partial charge in [-0.3, -0.25) is 0 Å². The minimum atomic E-state index is -0.0364. The highest BCUT2D eigenvalue weighted by molar-refractivity contribution is 7.07. The van der Waals surface area contributed by atoms with E-state index in [0.29, 0.717) is 11.5 Å². The van der Waals surface area contributed by atoms with E-state index in [0.717, 1.165) is 12.8 Å². The Hall–Kier alpha value is -0.380. The molecular weight excluding hydrogens is 242 g/mol. The van der Waals surface area contributed by atoms with Crippen molar-refractivity contribution in [2.75, 3.05) is 14.2 Å². The van der Waals surface area contributed by atoms with E-state index >= 15 is 0 Å². The Balaban J connectivity index is 2.21. The lowest BCUT2D eigenvalue weighted by atomic mass is 9.67. The summed E-state index contributed by atoms with van der Waals surface area (Å²) in [5.74, 6) is 0. The second-order valence-electron chi connectivity index (χ2n) is 6.21. The summed E-state index contributed by atoms with van der Waals surface area (Å²) in [6.07, 6.45) is 4.75. The topological polar surface area (TPSA) is 21.3 Å². The Labute approximate surface area is 115 Å². The number of hydrogen-bond acceptors (Lipinski definition) is 3. The van der Waals surface area contributed by atoms with Gasteiger partial charge >= 0.3 is 0 Å². The summed E-state index contributed by atoms with van der Waals surface area (Å²) in [7, 11) is 3.91. The van der Waals surface area contributed by atoms with Gasteiger partial charge in [0.25, 0.3) is 0 Å². The van der Waals surface area contributed by atoms with Gasteiger partial charge in [0.05, 0.1) is 11.6 Å². The molecule has 0 amide bonds. The van der Waals surface area contributed by atoms with E-state index in [1.54, 1.807) is 11.3 Å². The van der Waals surface area contributed by atoms with Gasteiger partial charge in [-0.1, -0.05) is 13.8 Å². The number of methoxy groups -OCH3 is 1. The molecule has 102 valence electrons. The first kappa shape index (κ1) is 14.0. The van der Waals surface area contributed by atoms with Crippen LogP contribution in [0.4, 0.5) is 0 Å². The van der Waals surface area contributed by atoms with E-state index in [-0.39, 0.29) is 5.60 Å². The molecule has 18 heavy (non-hydrogen) atoms. The summed E-state index contributed by atoms with van der Waals surface area (Å²) in [4.78, 5) is 0. The van der Waals surface area contributed by atoms with Crippen LogP contribution in [0, 0.1) is 5.41 Å². The van der Waals surface area contributed by atoms with Crippen LogP contribution in [-0.4, -0.2) is 19.8 Å². The van der Waals surface area contributed by atoms with Gasteiger partial charge in [-0.15, -0.1) is 0 Å². The molecule has 0 aliphatic heterocycles. The smallest absolute Gasteiger partial charge is 0.0873 e. The van der Waals surface area contributed by atoms with Crippen molar-refractivity contribution in [2.24, 2.45) is 5.41 Å². The lowest BCUT2D eigenvalue weighted by molar-refractivity contribution is -0.0861. The first-order valence-electron chi connectivity index (χ1n) is 6.77. The summed E-state index contributed by atoms with van der Waals surface area (Å²) >= 11 is 1.76. The van der Waals surface area contributed by atoms with Crippen molar-refractivity contribution < 1.29 is 4.74 Å². The van der Waals surface area contributed by atoms with Crippen LogP contribution < -0.4 is 5.32 Å². The third kappa shape index (κ3) is 2.63. The number of likely N-dealkylation sites (N-methyl/N-ethyl adjacent to an activating group) is 1. The van der Waals surface area contributed by atoms with Crippen molar-refractivity contribution in [3.05, 3.63) is 22.4 Å². The highest BCUT2D eigenvalue weighted by atomic mass is 32.1. The molecule has 1 saturated carbocycles. The highest BCUT2D eigenvalue weighted by Crippen LogP contribution is 2.47. The van der Waals surface area contributed by atoms with E-state index in [1.807, 2.05) is 14.2 Å². The zero-order chi connectivity index (χ0) is 13.2. The van der Waals surface area contributed by atoms with Crippen LogP contribution in [0.15, 0.2) is 16.8 Å². The Morgan fingerprint density at radius 1 is 1.28 bits per heavy atom. The molecule has 2 nitrogen and oxygen atoms in total. The predicted octanol–water partition coefficient (Wildman–Crippen LogP) is 3.99. The maximum Gasteiger partial charge on any atom is 0.0873 e. The highest BCUT2D eigenvalue weighted by Gasteiger charge is 2.44. The monoisotopic (exact) mass is 267 g/mol. The standard InChI is InChI=1S/C15H25NOS/c1-14(2)6-8-15(17-4,9-7-14)13(16-3)12-5-10-18-11-12/h5,10-11,13,16H,6-9H2,1-4H3. The van der Waals surface area contributed by atoms with Crippen LogP contribution in [0.5, 0.6) is 0 Å². The van der Waals surface area contributed by atoms with Crippen molar-refractivity contribution >= 4 is 11.3 Å². The summed E-state index contributed by atoms with van der Waals surface area (Å²) in [5.41, 5.74) is 1.80. The van der Waals surface area contributed by atoms with E-state index in [9.17, 15) is 0 Å². The van der Waals surface area contributed by atoms with Gasteiger partial charge in [-0.25, -0.2) is 0 Å². The van der Waals surface area contributed by atoms with Gasteiger partial charge in [0, 0.05) is 7.11 Å². The van der Waals surface area contributed by atoms with Gasteiger partial charge < -0.3 is 10.1 Å². The molecule has 1 aliphatic carbocycles. The van der Waals surface area contributed by atoms with Gasteiger partial charge in [0.1, 0.15) is 0 Å². The fraction of sp³-hybridized carbons (Fsp3) is 0.733. The van der Waals surface area contributed by atoms with E-state index in [1.165, 1.54) is 18.4 Å². The Kier molecular flexibility index (Phi) is 4.15. The molecule has 0 bridgehead atoms. The molecule has 1 fully saturated rings. The zero-order valence-electron chi connectivity index (χ0n) is 12.0. The van der Waals surface area contributed by atoms with E-state index in [2.05, 4.69) is 36.0 Å². The van der Waals surface area contributed by atoms with Gasteiger partial charge in [-0.05, 0) is 60.5 Å². The third-order valence-electron chi connectivity index (χ3n) is 4.55. The molecule has 1 N–H and O–H groups in total. The molecule has 1 aliphatic rings. The first-order valence-corrected chi connectivity index (χ1v) is 7.72. The van der Waals surface area contributed by atoms with Crippen molar-refractivity contribution in [2.45, 2.75) is 51.2 Å². The molecule has 0 aromatic carbocycles. The SMILES string of the molecule is CNC(c1ccsc1)C1(OC)CCC(C)(C)CC1. The molecule has 1 atom stereocenters. The summed E-state index contributed by atoms with van der Waals surface area (Å²) < 4.78 is 5.99. The lowest BCUT2D eigenvalue weighted by Crippen LogP contribution is -2.48. The second-order valence-corrected chi connectivity index (χ2v) is 6.99. The minimum absolute atomic E-state index is 0.0364. The Morgan fingerprint density at radius 3 is 2.39 bits per heavy atom. The predicted molar refractivity (Wildman–Crippen MR) is 78.1 cm³/mol. The van der Waals surface area contributed by atoms with Gasteiger partial charge in [0.15, 0.2) is 0 Å². The minimum Gasteiger partial charge on any atom is -0.376 e. The molecule has 0 saturated heterocycles. The van der Waals surface area contributed by atoms with Crippen LogP contribution in [0.1, 0.15) is 51.1 Å². The zero-order valence-corrected chi connectivity index (χ0v) is 12.8. The molecule has 1 aromatic heterocycles. The number of hydrogen-bond donors (Lipinski definition) is 1. The molecule has 3 heteroatoms. The van der Waals surface area contributed by atoms with E-state index in [4.69, 9.17) is 4.74 Å². The molecule has 1 heterocycles. The van der Waals surface area contributed by atoms with Crippen molar-refractivity contribution in [1.29, 1.82) is 0 Å². The number of rotatable bonds is 4. The Bertz CT molecular complexity index is 362. The average molecular weight is 267 g/mol. The number of nitrogens with one attached hydrogen (secondary N) is 1. The summed E-state index contributed by atoms with van der Waals surface area (Å²) in [6.45, 7) is 4.73. The molecule has 0 radical (unpaired) electrons. The average Bonchev–Trinajstić information content (AvgIpc) is 2.86. The normalized spacial score (nSPS) is 23.8. The van der Waals surface area contributed by atoms with Crippen LogP contribution in [-0.2, 0) is 4.74 Å². The van der Waals surface area contributed by atoms with Crippen LogP contribution in [0.25, 0.3) is 0 Å². The summed E-state index contributed by atoms with van der Waals surface area (Å²) in [6, 6.07) is 2.52.